The number of fused-ring (bicyclic) bond motifs is 1. The van der Waals surface area contributed by atoms with E-state index < -0.39 is 0 Å². The molecule has 7 nitrogen and oxygen atoms in total. The third-order valence-corrected chi connectivity index (χ3v) is 3.18. The predicted octanol–water partition coefficient (Wildman–Crippen LogP) is 0.314. The first-order valence-electron chi connectivity index (χ1n) is 7.23. The number of hydrogen-bond acceptors (Lipinski definition) is 4. The molecular weight excluding hydrogens is 256 g/mol. The van der Waals surface area contributed by atoms with Gasteiger partial charge in [-0.05, 0) is 20.3 Å². The number of rotatable bonds is 5. The largest absolute Gasteiger partial charge is 0.377 e. The molecule has 0 aliphatic carbocycles. The fourth-order valence-corrected chi connectivity index (χ4v) is 2.34. The van der Waals surface area contributed by atoms with E-state index in [1.54, 1.807) is 7.11 Å². The molecule has 1 aromatic rings. The van der Waals surface area contributed by atoms with Crippen molar-refractivity contribution >= 4 is 5.96 Å². The van der Waals surface area contributed by atoms with Crippen molar-refractivity contribution in [1.82, 2.24) is 25.4 Å². The van der Waals surface area contributed by atoms with Gasteiger partial charge in [-0.3, -0.25) is 4.99 Å². The summed E-state index contributed by atoms with van der Waals surface area (Å²) in [6.45, 7) is 7.03. The first-order valence-corrected chi connectivity index (χ1v) is 7.23. The van der Waals surface area contributed by atoms with Gasteiger partial charge in [0.2, 0.25) is 0 Å². The van der Waals surface area contributed by atoms with Crippen LogP contribution in [0.25, 0.3) is 0 Å². The molecule has 2 rings (SSSR count). The topological polar surface area (TPSA) is 76.4 Å². The van der Waals surface area contributed by atoms with Crippen molar-refractivity contribution in [2.75, 3.05) is 20.2 Å². The summed E-state index contributed by atoms with van der Waals surface area (Å²) in [6, 6.07) is 0.337. The zero-order valence-electron chi connectivity index (χ0n) is 12.5. The van der Waals surface area contributed by atoms with Crippen LogP contribution in [0.3, 0.4) is 0 Å². The number of ether oxygens (including phenoxy) is 1. The van der Waals surface area contributed by atoms with Crippen molar-refractivity contribution in [3.8, 4) is 0 Å². The lowest BCUT2D eigenvalue weighted by atomic mass is 10.1. The Labute approximate surface area is 119 Å². The van der Waals surface area contributed by atoms with Crippen molar-refractivity contribution in [1.29, 1.82) is 0 Å². The summed E-state index contributed by atoms with van der Waals surface area (Å²) in [5.74, 6) is 2.69. The van der Waals surface area contributed by atoms with Crippen LogP contribution < -0.4 is 10.6 Å². The molecule has 2 N–H and O–H groups in total. The van der Waals surface area contributed by atoms with E-state index in [1.807, 2.05) is 11.6 Å². The van der Waals surface area contributed by atoms with E-state index in [0.29, 0.717) is 12.6 Å². The van der Waals surface area contributed by atoms with Crippen molar-refractivity contribution < 1.29 is 4.74 Å². The molecule has 1 unspecified atom stereocenters. The molecule has 0 saturated carbocycles. The summed E-state index contributed by atoms with van der Waals surface area (Å²) < 4.78 is 7.06. The number of nitrogens with zero attached hydrogens (tertiary/aromatic N) is 4. The third-order valence-electron chi connectivity index (χ3n) is 3.18. The standard InChI is InChI=1S/C13H24N6O/c1-4-14-13(15-5-2)16-10-6-7-12-17-11(9-20-3)18-19(12)8-10/h10H,4-9H2,1-3H3,(H2,14,15,16). The number of aryl methyl sites for hydroxylation is 1. The van der Waals surface area contributed by atoms with Crippen LogP contribution in [0.2, 0.25) is 0 Å². The lowest BCUT2D eigenvalue weighted by Crippen LogP contribution is -2.47. The average Bonchev–Trinajstić information content (AvgIpc) is 2.81. The molecule has 0 spiro atoms. The first-order chi connectivity index (χ1) is 9.76. The molecule has 20 heavy (non-hydrogen) atoms. The second-order valence-electron chi connectivity index (χ2n) is 4.79. The predicted molar refractivity (Wildman–Crippen MR) is 77.6 cm³/mol. The van der Waals surface area contributed by atoms with Crippen LogP contribution in [0, 0.1) is 0 Å². The lowest BCUT2D eigenvalue weighted by Gasteiger charge is -2.25. The van der Waals surface area contributed by atoms with Gasteiger partial charge in [-0.2, -0.15) is 5.10 Å². The van der Waals surface area contributed by atoms with E-state index in [4.69, 9.17) is 4.74 Å². The highest BCUT2D eigenvalue weighted by molar-refractivity contribution is 5.80. The molecule has 0 radical (unpaired) electrons. The second-order valence-corrected chi connectivity index (χ2v) is 4.79. The summed E-state index contributed by atoms with van der Waals surface area (Å²) in [5, 5.41) is 11.2. The van der Waals surface area contributed by atoms with E-state index in [2.05, 4.69) is 32.6 Å². The van der Waals surface area contributed by atoms with Crippen LogP contribution in [0.15, 0.2) is 4.99 Å². The number of nitrogens with one attached hydrogen (secondary N) is 2. The van der Waals surface area contributed by atoms with Gasteiger partial charge < -0.3 is 15.4 Å². The SMILES string of the molecule is CCN=C(NCC)NC1CCc2nc(COC)nn2C1. The molecule has 112 valence electrons. The van der Waals surface area contributed by atoms with E-state index >= 15 is 0 Å². The molecular formula is C13H24N6O. The summed E-state index contributed by atoms with van der Waals surface area (Å²) in [5.41, 5.74) is 0. The van der Waals surface area contributed by atoms with Crippen LogP contribution in [-0.4, -0.2) is 47.0 Å². The van der Waals surface area contributed by atoms with Crippen molar-refractivity contribution in [2.24, 2.45) is 4.99 Å². The number of aliphatic imine (C=N–C) groups is 1. The quantitative estimate of drug-likeness (QED) is 0.600. The van der Waals surface area contributed by atoms with Gasteiger partial charge >= 0.3 is 0 Å². The molecule has 0 fully saturated rings. The van der Waals surface area contributed by atoms with E-state index in [-0.39, 0.29) is 0 Å². The third kappa shape index (κ3) is 3.69. The molecule has 1 aliphatic rings. The lowest BCUT2D eigenvalue weighted by molar-refractivity contribution is 0.177. The average molecular weight is 280 g/mol. The Kier molecular flexibility index (Phi) is 5.34. The van der Waals surface area contributed by atoms with Gasteiger partial charge in [0.15, 0.2) is 11.8 Å². The molecule has 2 heterocycles. The first kappa shape index (κ1) is 14.8. The number of methoxy groups -OCH3 is 1. The Morgan fingerprint density at radius 2 is 2.35 bits per heavy atom. The van der Waals surface area contributed by atoms with Gasteiger partial charge in [-0.1, -0.05) is 0 Å². The minimum absolute atomic E-state index is 0.337. The van der Waals surface area contributed by atoms with Crippen molar-refractivity contribution in [3.05, 3.63) is 11.6 Å². The van der Waals surface area contributed by atoms with E-state index in [0.717, 1.165) is 50.1 Å². The molecule has 1 aliphatic heterocycles. The van der Waals surface area contributed by atoms with E-state index in [9.17, 15) is 0 Å². The molecule has 0 saturated heterocycles. The molecule has 7 heteroatoms. The van der Waals surface area contributed by atoms with Crippen LogP contribution >= 0.6 is 0 Å². The van der Waals surface area contributed by atoms with Gasteiger partial charge in [-0.25, -0.2) is 9.67 Å². The minimum Gasteiger partial charge on any atom is -0.377 e. The molecule has 1 atom stereocenters. The fourth-order valence-electron chi connectivity index (χ4n) is 2.34. The van der Waals surface area contributed by atoms with Crippen LogP contribution in [0.5, 0.6) is 0 Å². The molecule has 0 bridgehead atoms. The monoisotopic (exact) mass is 280 g/mol. The summed E-state index contributed by atoms with van der Waals surface area (Å²) >= 11 is 0. The number of hydrogen-bond donors (Lipinski definition) is 2. The maximum absolute atomic E-state index is 5.08. The number of guanidine groups is 1. The van der Waals surface area contributed by atoms with Crippen LogP contribution in [-0.2, 0) is 24.3 Å². The summed E-state index contributed by atoms with van der Waals surface area (Å²) in [7, 11) is 1.66. The smallest absolute Gasteiger partial charge is 0.191 e. The molecule has 1 aromatic heterocycles. The van der Waals surface area contributed by atoms with Gasteiger partial charge in [0.25, 0.3) is 0 Å². The van der Waals surface area contributed by atoms with Crippen molar-refractivity contribution in [2.45, 2.75) is 45.9 Å². The normalized spacial score (nSPS) is 18.8. The maximum Gasteiger partial charge on any atom is 0.191 e. The van der Waals surface area contributed by atoms with Gasteiger partial charge in [0.1, 0.15) is 12.4 Å². The Hall–Kier alpha value is -1.63. The van der Waals surface area contributed by atoms with Gasteiger partial charge in [-0.15, -0.1) is 0 Å². The fraction of sp³-hybridized carbons (Fsp3) is 0.769. The number of aromatic nitrogens is 3. The van der Waals surface area contributed by atoms with Gasteiger partial charge in [0, 0.05) is 32.7 Å². The van der Waals surface area contributed by atoms with E-state index in [1.165, 1.54) is 0 Å². The minimum atomic E-state index is 0.337. The highest BCUT2D eigenvalue weighted by atomic mass is 16.5. The summed E-state index contributed by atoms with van der Waals surface area (Å²) in [6.07, 6.45) is 1.97. The Morgan fingerprint density at radius 3 is 3.05 bits per heavy atom. The van der Waals surface area contributed by atoms with Crippen LogP contribution in [0.1, 0.15) is 31.9 Å². The molecule has 0 aromatic carbocycles. The Balaban J connectivity index is 1.97. The highest BCUT2D eigenvalue weighted by Crippen LogP contribution is 2.13. The molecule has 0 amide bonds. The zero-order chi connectivity index (χ0) is 14.4. The van der Waals surface area contributed by atoms with Crippen molar-refractivity contribution in [3.63, 3.8) is 0 Å². The second kappa shape index (κ2) is 7.23. The Morgan fingerprint density at radius 1 is 1.50 bits per heavy atom. The highest BCUT2D eigenvalue weighted by Gasteiger charge is 2.22. The maximum atomic E-state index is 5.08. The van der Waals surface area contributed by atoms with Crippen LogP contribution in [0.4, 0.5) is 0 Å². The van der Waals surface area contributed by atoms with Gasteiger partial charge in [0.05, 0.1) is 6.54 Å². The zero-order valence-corrected chi connectivity index (χ0v) is 12.5. The Bertz CT molecular complexity index is 456. The summed E-state index contributed by atoms with van der Waals surface area (Å²) in [4.78, 5) is 8.91.